The fourth-order valence-corrected chi connectivity index (χ4v) is 1.17. The van der Waals surface area contributed by atoms with Crippen LogP contribution < -0.4 is 0 Å². The molecule has 0 heterocycles. The first-order valence-electron chi connectivity index (χ1n) is 5.61. The summed E-state index contributed by atoms with van der Waals surface area (Å²) in [5.74, 6) is -3.20. The lowest BCUT2D eigenvalue weighted by atomic mass is 10.1. The molecule has 0 fully saturated rings. The Morgan fingerprint density at radius 3 is 1.73 bits per heavy atom. The van der Waals surface area contributed by atoms with E-state index in [1.54, 1.807) is 0 Å². The first-order valence-corrected chi connectivity index (χ1v) is 5.61. The molecule has 126 valence electrons. The Hall–Kier alpha value is -2.00. The third-order valence-electron chi connectivity index (χ3n) is 2.49. The summed E-state index contributed by atoms with van der Waals surface area (Å²) in [6.07, 6.45) is -14.9. The van der Waals surface area contributed by atoms with E-state index < -0.39 is 36.0 Å². The van der Waals surface area contributed by atoms with Crippen LogP contribution in [0.15, 0.2) is 22.8 Å². The molecule has 4 nitrogen and oxygen atoms in total. The molecule has 0 unspecified atom stereocenters. The zero-order valence-corrected chi connectivity index (χ0v) is 11.6. The second kappa shape index (κ2) is 6.84. The molecule has 0 aliphatic heterocycles. The van der Waals surface area contributed by atoms with Crippen molar-refractivity contribution in [2.45, 2.75) is 39.2 Å². The molecule has 0 aromatic rings. The number of carboxylic acids is 1. The highest BCUT2D eigenvalue weighted by atomic mass is 19.4. The molecule has 0 atom stereocenters. The van der Waals surface area contributed by atoms with Crippen LogP contribution in [0.25, 0.3) is 0 Å². The molecule has 10 heteroatoms. The number of ether oxygens (including phenoxy) is 1. The van der Waals surface area contributed by atoms with Gasteiger partial charge in [0.15, 0.2) is 0 Å². The average molecular weight is 334 g/mol. The van der Waals surface area contributed by atoms with Crippen molar-refractivity contribution >= 4 is 11.9 Å². The van der Waals surface area contributed by atoms with Gasteiger partial charge in [-0.2, -0.15) is 26.3 Å². The summed E-state index contributed by atoms with van der Waals surface area (Å²) < 4.78 is 77.0. The first-order chi connectivity index (χ1) is 9.67. The summed E-state index contributed by atoms with van der Waals surface area (Å²) in [6.45, 7) is 3.21. The number of aliphatic carboxylic acids is 1. The highest BCUT2D eigenvalue weighted by molar-refractivity contribution is 5.91. The van der Waals surface area contributed by atoms with Gasteiger partial charge in [0.05, 0.1) is 0 Å². The Kier molecular flexibility index (Phi) is 6.22. The number of carbonyl (C=O) groups excluding carboxylic acids is 1. The van der Waals surface area contributed by atoms with Gasteiger partial charge in [0.1, 0.15) is 0 Å². The topological polar surface area (TPSA) is 63.6 Å². The van der Waals surface area contributed by atoms with Crippen LogP contribution in [0.3, 0.4) is 0 Å². The highest BCUT2D eigenvalue weighted by Crippen LogP contribution is 2.36. The maximum absolute atomic E-state index is 12.3. The number of alkyl halides is 6. The van der Waals surface area contributed by atoms with Crippen LogP contribution in [-0.4, -0.2) is 35.5 Å². The van der Waals surface area contributed by atoms with Crippen LogP contribution in [0.1, 0.15) is 20.8 Å². The van der Waals surface area contributed by atoms with Crippen molar-refractivity contribution in [3.05, 3.63) is 22.8 Å². The van der Waals surface area contributed by atoms with E-state index in [1.165, 1.54) is 0 Å². The van der Waals surface area contributed by atoms with Crippen LogP contribution in [-0.2, 0) is 14.3 Å². The molecule has 1 N–H and O–H groups in total. The zero-order valence-electron chi connectivity index (χ0n) is 11.6. The lowest BCUT2D eigenvalue weighted by Gasteiger charge is -2.23. The van der Waals surface area contributed by atoms with E-state index in [0.717, 1.165) is 26.8 Å². The second-order valence-electron chi connectivity index (χ2n) is 4.31. The van der Waals surface area contributed by atoms with Gasteiger partial charge in [0.25, 0.3) is 6.10 Å². The minimum absolute atomic E-state index is 0.131. The Balaban J connectivity index is 5.43. The van der Waals surface area contributed by atoms with E-state index >= 15 is 0 Å². The van der Waals surface area contributed by atoms with Gasteiger partial charge in [0, 0.05) is 11.1 Å². The number of carbonyl (C=O) groups is 2. The summed E-state index contributed by atoms with van der Waals surface area (Å²) in [5.41, 5.74) is -0.958. The Morgan fingerprint density at radius 2 is 1.41 bits per heavy atom. The Morgan fingerprint density at radius 1 is 1.00 bits per heavy atom. The molecule has 0 saturated heterocycles. The predicted octanol–water partition coefficient (Wildman–Crippen LogP) is 3.39. The monoisotopic (exact) mass is 334 g/mol. The third-order valence-corrected chi connectivity index (χ3v) is 2.49. The van der Waals surface area contributed by atoms with Gasteiger partial charge in [0.2, 0.25) is 0 Å². The smallest absolute Gasteiger partial charge is 0.434 e. The lowest BCUT2D eigenvalue weighted by Crippen LogP contribution is -2.45. The molecule has 0 aliphatic rings. The van der Waals surface area contributed by atoms with Gasteiger partial charge < -0.3 is 9.84 Å². The average Bonchev–Trinajstić information content (AvgIpc) is 2.31. The van der Waals surface area contributed by atoms with Crippen molar-refractivity contribution < 1.29 is 45.8 Å². The first kappa shape index (κ1) is 20.0. The minimum Gasteiger partial charge on any atom is -0.478 e. The van der Waals surface area contributed by atoms with Gasteiger partial charge in [-0.05, 0) is 32.4 Å². The quantitative estimate of drug-likeness (QED) is 0.370. The van der Waals surface area contributed by atoms with Crippen molar-refractivity contribution in [3.8, 4) is 0 Å². The Labute approximate surface area is 121 Å². The van der Waals surface area contributed by atoms with Crippen molar-refractivity contribution in [1.82, 2.24) is 0 Å². The molecule has 0 aromatic heterocycles. The molecular formula is C12H12F6O4. The van der Waals surface area contributed by atoms with E-state index in [9.17, 15) is 35.9 Å². The van der Waals surface area contributed by atoms with Gasteiger partial charge in [-0.3, -0.25) is 0 Å². The summed E-state index contributed by atoms with van der Waals surface area (Å²) in [4.78, 5) is 21.9. The highest BCUT2D eigenvalue weighted by Gasteiger charge is 2.59. The normalized spacial score (nSPS) is 14.7. The van der Waals surface area contributed by atoms with Gasteiger partial charge in [-0.25, -0.2) is 9.59 Å². The number of allylic oxidation sites excluding steroid dienone is 2. The number of halogens is 6. The SMILES string of the molecule is CC(=CC(C)=C(C)C(=O)OC(C(F)(F)F)C(F)(F)F)C(=O)O. The molecule has 0 spiro atoms. The summed E-state index contributed by atoms with van der Waals surface area (Å²) >= 11 is 0. The molecule has 0 amide bonds. The number of rotatable bonds is 4. The third kappa shape index (κ3) is 5.78. The summed E-state index contributed by atoms with van der Waals surface area (Å²) in [6, 6.07) is 0. The standard InChI is InChI=1S/C12H12F6O4/c1-5(4-6(2)8(19)20)7(3)9(21)22-10(11(13,14)15)12(16,17)18/h4,10H,1-3H3,(H,19,20). The van der Waals surface area contributed by atoms with Crippen molar-refractivity contribution in [2.24, 2.45) is 0 Å². The number of esters is 1. The maximum atomic E-state index is 12.3. The molecule has 0 saturated carbocycles. The summed E-state index contributed by atoms with van der Waals surface area (Å²) in [7, 11) is 0. The Bertz CT molecular complexity index is 499. The van der Waals surface area contributed by atoms with Gasteiger partial charge in [-0.15, -0.1) is 0 Å². The number of hydrogen-bond acceptors (Lipinski definition) is 3. The van der Waals surface area contributed by atoms with Gasteiger partial charge >= 0.3 is 24.3 Å². The molecule has 0 aromatic carbocycles. The van der Waals surface area contributed by atoms with Crippen molar-refractivity contribution in [3.63, 3.8) is 0 Å². The maximum Gasteiger partial charge on any atom is 0.434 e. The van der Waals surface area contributed by atoms with Crippen LogP contribution in [0.4, 0.5) is 26.3 Å². The molecule has 22 heavy (non-hydrogen) atoms. The zero-order chi connectivity index (χ0) is 17.9. The van der Waals surface area contributed by atoms with Crippen molar-refractivity contribution in [2.75, 3.05) is 0 Å². The van der Waals surface area contributed by atoms with E-state index in [-0.39, 0.29) is 11.1 Å². The van der Waals surface area contributed by atoms with Gasteiger partial charge in [-0.1, -0.05) is 0 Å². The molecular weight excluding hydrogens is 322 g/mol. The lowest BCUT2D eigenvalue weighted by molar-refractivity contribution is -0.312. The fourth-order valence-electron chi connectivity index (χ4n) is 1.17. The fraction of sp³-hybridized carbons (Fsp3) is 0.500. The minimum atomic E-state index is -5.81. The molecule has 0 radical (unpaired) electrons. The van der Waals surface area contributed by atoms with E-state index in [0.29, 0.717) is 0 Å². The second-order valence-corrected chi connectivity index (χ2v) is 4.31. The number of carboxylic acid groups (broad SMARTS) is 1. The van der Waals surface area contributed by atoms with Crippen LogP contribution in [0, 0.1) is 0 Å². The van der Waals surface area contributed by atoms with Crippen LogP contribution in [0.2, 0.25) is 0 Å². The van der Waals surface area contributed by atoms with Crippen LogP contribution >= 0.6 is 0 Å². The molecule has 0 bridgehead atoms. The van der Waals surface area contributed by atoms with Crippen LogP contribution in [0.5, 0.6) is 0 Å². The summed E-state index contributed by atoms with van der Waals surface area (Å²) in [5, 5.41) is 8.61. The van der Waals surface area contributed by atoms with E-state index in [2.05, 4.69) is 4.74 Å². The predicted molar refractivity (Wildman–Crippen MR) is 61.8 cm³/mol. The molecule has 0 aliphatic carbocycles. The largest absolute Gasteiger partial charge is 0.478 e. The number of hydrogen-bond donors (Lipinski definition) is 1. The van der Waals surface area contributed by atoms with E-state index in [1.807, 2.05) is 0 Å². The molecule has 0 rings (SSSR count). The van der Waals surface area contributed by atoms with E-state index in [4.69, 9.17) is 5.11 Å². The van der Waals surface area contributed by atoms with Crippen molar-refractivity contribution in [1.29, 1.82) is 0 Å².